The average molecular weight is 242 g/mol. The van der Waals surface area contributed by atoms with Crippen LogP contribution in [0.5, 0.6) is 17.2 Å². The number of halogens is 1. The second kappa shape index (κ2) is 4.07. The van der Waals surface area contributed by atoms with Crippen LogP contribution >= 0.6 is 0 Å². The van der Waals surface area contributed by atoms with Crippen LogP contribution in [0, 0.1) is 5.82 Å². The highest BCUT2D eigenvalue weighted by molar-refractivity contribution is 5.54. The number of fused-ring (bicyclic) bond motifs is 1. The third kappa shape index (κ3) is 1.91. The van der Waals surface area contributed by atoms with Gasteiger partial charge in [0, 0.05) is 11.0 Å². The van der Waals surface area contributed by atoms with Gasteiger partial charge in [-0.1, -0.05) is 13.8 Å². The molecular weight excluding hydrogens is 227 g/mol. The van der Waals surface area contributed by atoms with Crippen molar-refractivity contribution in [2.75, 3.05) is 19.8 Å². The minimum Gasteiger partial charge on any atom is -0.505 e. The third-order valence-corrected chi connectivity index (χ3v) is 2.87. The van der Waals surface area contributed by atoms with Crippen molar-refractivity contribution in [3.8, 4) is 17.2 Å². The number of phenolic OH excluding ortho intramolecular Hbond substituents is 1. The van der Waals surface area contributed by atoms with Gasteiger partial charge in [-0.2, -0.15) is 4.39 Å². The van der Waals surface area contributed by atoms with Crippen LogP contribution in [-0.4, -0.2) is 30.0 Å². The Labute approximate surface area is 98.6 Å². The Balaban J connectivity index is 2.59. The lowest BCUT2D eigenvalue weighted by atomic mass is 9.84. The van der Waals surface area contributed by atoms with Crippen LogP contribution in [0.15, 0.2) is 6.07 Å². The molecule has 0 spiro atoms. The molecule has 1 aliphatic heterocycles. The minimum atomic E-state index is -0.835. The first-order chi connectivity index (χ1) is 7.97. The van der Waals surface area contributed by atoms with Crippen molar-refractivity contribution >= 4 is 0 Å². The number of aromatic hydroxyl groups is 1. The fourth-order valence-electron chi connectivity index (χ4n) is 1.74. The van der Waals surface area contributed by atoms with Gasteiger partial charge in [0.25, 0.3) is 0 Å². The molecule has 17 heavy (non-hydrogen) atoms. The molecule has 0 atom stereocenters. The Hall–Kier alpha value is -1.49. The van der Waals surface area contributed by atoms with E-state index >= 15 is 0 Å². The Bertz CT molecular complexity index is 443. The van der Waals surface area contributed by atoms with Gasteiger partial charge in [0.15, 0.2) is 11.5 Å². The van der Waals surface area contributed by atoms with E-state index in [1.165, 1.54) is 6.07 Å². The Morgan fingerprint density at radius 1 is 1.35 bits per heavy atom. The topological polar surface area (TPSA) is 58.9 Å². The summed E-state index contributed by atoms with van der Waals surface area (Å²) in [7, 11) is 0. The standard InChI is InChI=1S/C12H15FO4/c1-12(2,6-14)7-5-8-11(9(13)10(7)15)17-4-3-16-8/h5,14-15H,3-4,6H2,1-2H3. The molecule has 0 radical (unpaired) electrons. The van der Waals surface area contributed by atoms with Gasteiger partial charge in [0.1, 0.15) is 13.2 Å². The number of aliphatic hydroxyl groups is 1. The van der Waals surface area contributed by atoms with E-state index in [4.69, 9.17) is 9.47 Å². The molecule has 0 saturated heterocycles. The maximum atomic E-state index is 13.9. The zero-order valence-electron chi connectivity index (χ0n) is 9.79. The predicted octanol–water partition coefficient (Wildman–Crippen LogP) is 1.57. The third-order valence-electron chi connectivity index (χ3n) is 2.87. The van der Waals surface area contributed by atoms with E-state index in [1.807, 2.05) is 0 Å². The number of benzene rings is 1. The van der Waals surface area contributed by atoms with E-state index in [1.54, 1.807) is 13.8 Å². The largest absolute Gasteiger partial charge is 0.505 e. The first-order valence-corrected chi connectivity index (χ1v) is 5.40. The first-order valence-electron chi connectivity index (χ1n) is 5.40. The molecule has 94 valence electrons. The van der Waals surface area contributed by atoms with Crippen LogP contribution in [0.25, 0.3) is 0 Å². The number of hydrogen-bond donors (Lipinski definition) is 2. The average Bonchev–Trinajstić information content (AvgIpc) is 2.33. The predicted molar refractivity (Wildman–Crippen MR) is 59.2 cm³/mol. The Morgan fingerprint density at radius 3 is 2.65 bits per heavy atom. The van der Waals surface area contributed by atoms with Crippen molar-refractivity contribution in [3.63, 3.8) is 0 Å². The minimum absolute atomic E-state index is 0.0637. The van der Waals surface area contributed by atoms with Crippen LogP contribution in [0.3, 0.4) is 0 Å². The molecule has 1 aliphatic rings. The van der Waals surface area contributed by atoms with Crippen molar-refractivity contribution in [3.05, 3.63) is 17.4 Å². The number of rotatable bonds is 2. The van der Waals surface area contributed by atoms with Crippen molar-refractivity contribution in [1.29, 1.82) is 0 Å². The van der Waals surface area contributed by atoms with Gasteiger partial charge in [-0.3, -0.25) is 0 Å². The molecule has 0 amide bonds. The molecule has 1 heterocycles. The SMILES string of the molecule is CC(C)(CO)c1cc2c(c(F)c1O)OCCO2. The molecule has 0 saturated carbocycles. The Kier molecular flexibility index (Phi) is 2.87. The van der Waals surface area contributed by atoms with Gasteiger partial charge in [-0.05, 0) is 6.07 Å². The highest BCUT2D eigenvalue weighted by Gasteiger charge is 2.30. The maximum Gasteiger partial charge on any atom is 0.210 e. The molecule has 2 rings (SSSR count). The highest BCUT2D eigenvalue weighted by atomic mass is 19.1. The molecule has 1 aromatic carbocycles. The van der Waals surface area contributed by atoms with E-state index in [0.29, 0.717) is 12.2 Å². The van der Waals surface area contributed by atoms with Gasteiger partial charge >= 0.3 is 0 Å². The molecule has 0 unspecified atom stereocenters. The molecule has 0 aromatic heterocycles. The fraction of sp³-hybridized carbons (Fsp3) is 0.500. The van der Waals surface area contributed by atoms with Crippen molar-refractivity contribution in [2.24, 2.45) is 0 Å². The zero-order chi connectivity index (χ0) is 12.6. The summed E-state index contributed by atoms with van der Waals surface area (Å²) in [6.45, 7) is 3.80. The van der Waals surface area contributed by atoms with Crippen molar-refractivity contribution in [1.82, 2.24) is 0 Å². The number of phenols is 1. The first kappa shape index (κ1) is 12.0. The summed E-state index contributed by atoms with van der Waals surface area (Å²) in [6, 6.07) is 1.52. The van der Waals surface area contributed by atoms with Crippen molar-refractivity contribution in [2.45, 2.75) is 19.3 Å². The summed E-state index contributed by atoms with van der Waals surface area (Å²) in [5.41, 5.74) is -0.442. The number of hydrogen-bond acceptors (Lipinski definition) is 4. The molecule has 0 aliphatic carbocycles. The van der Waals surface area contributed by atoms with E-state index in [-0.39, 0.29) is 24.7 Å². The van der Waals surface area contributed by atoms with Gasteiger partial charge in [0.2, 0.25) is 11.6 Å². The molecular formula is C12H15FO4. The van der Waals surface area contributed by atoms with E-state index < -0.39 is 17.0 Å². The monoisotopic (exact) mass is 242 g/mol. The lowest BCUT2D eigenvalue weighted by Crippen LogP contribution is -2.24. The summed E-state index contributed by atoms with van der Waals surface area (Å²) in [5.74, 6) is -1.12. The molecule has 4 nitrogen and oxygen atoms in total. The quantitative estimate of drug-likeness (QED) is 0.826. The molecule has 5 heteroatoms. The van der Waals surface area contributed by atoms with Gasteiger partial charge in [-0.25, -0.2) is 0 Å². The Morgan fingerprint density at radius 2 is 2.00 bits per heavy atom. The second-order valence-corrected chi connectivity index (χ2v) is 4.65. The second-order valence-electron chi connectivity index (χ2n) is 4.65. The highest BCUT2D eigenvalue weighted by Crippen LogP contribution is 2.43. The van der Waals surface area contributed by atoms with Crippen LogP contribution in [0.1, 0.15) is 19.4 Å². The van der Waals surface area contributed by atoms with Crippen LogP contribution in [0.2, 0.25) is 0 Å². The van der Waals surface area contributed by atoms with E-state index in [2.05, 4.69) is 0 Å². The van der Waals surface area contributed by atoms with Crippen molar-refractivity contribution < 1.29 is 24.1 Å². The summed E-state index contributed by atoms with van der Waals surface area (Å²) < 4.78 is 24.3. The summed E-state index contributed by atoms with van der Waals surface area (Å²) in [6.07, 6.45) is 0. The summed E-state index contributed by atoms with van der Waals surface area (Å²) in [5, 5.41) is 19.1. The van der Waals surface area contributed by atoms with Gasteiger partial charge in [0.05, 0.1) is 6.61 Å². The summed E-state index contributed by atoms with van der Waals surface area (Å²) >= 11 is 0. The van der Waals surface area contributed by atoms with Crippen LogP contribution in [0.4, 0.5) is 4.39 Å². The van der Waals surface area contributed by atoms with Gasteiger partial charge < -0.3 is 19.7 Å². The van der Waals surface area contributed by atoms with Gasteiger partial charge in [-0.15, -0.1) is 0 Å². The molecule has 2 N–H and O–H groups in total. The summed E-state index contributed by atoms with van der Waals surface area (Å²) in [4.78, 5) is 0. The number of aliphatic hydroxyl groups excluding tert-OH is 1. The zero-order valence-corrected chi connectivity index (χ0v) is 9.79. The molecule has 0 bridgehead atoms. The van der Waals surface area contributed by atoms with E-state index in [9.17, 15) is 14.6 Å². The normalized spacial score (nSPS) is 14.8. The van der Waals surface area contributed by atoms with Crippen LogP contribution < -0.4 is 9.47 Å². The maximum absolute atomic E-state index is 13.9. The van der Waals surface area contributed by atoms with Crippen LogP contribution in [-0.2, 0) is 5.41 Å². The number of ether oxygens (including phenoxy) is 2. The fourth-order valence-corrected chi connectivity index (χ4v) is 1.74. The lowest BCUT2D eigenvalue weighted by molar-refractivity contribution is 0.160. The van der Waals surface area contributed by atoms with E-state index in [0.717, 1.165) is 0 Å². The lowest BCUT2D eigenvalue weighted by Gasteiger charge is -2.27. The molecule has 1 aromatic rings. The molecule has 0 fully saturated rings. The smallest absolute Gasteiger partial charge is 0.210 e.